The van der Waals surface area contributed by atoms with Gasteiger partial charge in [-0.15, -0.1) is 24.0 Å². The first-order valence-corrected chi connectivity index (χ1v) is 10.4. The molecule has 0 radical (unpaired) electrons. The molecular weight excluding hydrogens is 481 g/mol. The Kier molecular flexibility index (Phi) is 13.0. The fourth-order valence-electron chi connectivity index (χ4n) is 3.17. The Hall–Kier alpha value is -1.26. The molecule has 2 rings (SSSR count). The second kappa shape index (κ2) is 14.7. The molecule has 1 fully saturated rings. The third kappa shape index (κ3) is 9.86. The van der Waals surface area contributed by atoms with Crippen molar-refractivity contribution in [2.45, 2.75) is 26.9 Å². The van der Waals surface area contributed by atoms with Gasteiger partial charge in [-0.25, -0.2) is 4.99 Å². The van der Waals surface area contributed by atoms with Crippen LogP contribution in [-0.4, -0.2) is 87.9 Å². The molecule has 1 aromatic carbocycles. The predicted molar refractivity (Wildman–Crippen MR) is 131 cm³/mol. The van der Waals surface area contributed by atoms with Gasteiger partial charge in [-0.05, 0) is 32.5 Å². The van der Waals surface area contributed by atoms with Crippen LogP contribution in [0.3, 0.4) is 0 Å². The van der Waals surface area contributed by atoms with Crippen LogP contribution in [0.15, 0.2) is 29.3 Å². The number of aliphatic imine (C=N–C) groups is 1. The number of methoxy groups -OCH3 is 1. The van der Waals surface area contributed by atoms with Gasteiger partial charge in [-0.3, -0.25) is 4.90 Å². The van der Waals surface area contributed by atoms with Crippen molar-refractivity contribution in [1.82, 2.24) is 20.4 Å². The number of piperazine rings is 1. The van der Waals surface area contributed by atoms with Crippen LogP contribution < -0.4 is 20.1 Å². The molecule has 1 aliphatic rings. The zero-order valence-corrected chi connectivity index (χ0v) is 20.6. The second-order valence-corrected chi connectivity index (χ2v) is 7.03. The highest BCUT2D eigenvalue weighted by molar-refractivity contribution is 14.0. The van der Waals surface area contributed by atoms with Crippen LogP contribution in [0.4, 0.5) is 0 Å². The highest BCUT2D eigenvalue weighted by Gasteiger charge is 2.14. The first-order chi connectivity index (χ1) is 13.6. The second-order valence-electron chi connectivity index (χ2n) is 7.03. The lowest BCUT2D eigenvalue weighted by molar-refractivity contribution is 0.139. The van der Waals surface area contributed by atoms with Gasteiger partial charge < -0.3 is 25.0 Å². The molecule has 1 atom stereocenters. The molecule has 1 unspecified atom stereocenters. The minimum atomic E-state index is -0.0234. The van der Waals surface area contributed by atoms with E-state index in [0.717, 1.165) is 56.7 Å². The van der Waals surface area contributed by atoms with Crippen LogP contribution in [-0.2, 0) is 0 Å². The monoisotopic (exact) mass is 519 g/mol. The van der Waals surface area contributed by atoms with Gasteiger partial charge in [-0.2, -0.15) is 0 Å². The van der Waals surface area contributed by atoms with Crippen LogP contribution in [0.5, 0.6) is 11.5 Å². The van der Waals surface area contributed by atoms with Crippen LogP contribution in [0.2, 0.25) is 0 Å². The van der Waals surface area contributed by atoms with Crippen LogP contribution in [0.25, 0.3) is 0 Å². The number of nitrogens with one attached hydrogen (secondary N) is 2. The van der Waals surface area contributed by atoms with Gasteiger partial charge >= 0.3 is 0 Å². The van der Waals surface area contributed by atoms with Gasteiger partial charge in [0.25, 0.3) is 0 Å². The van der Waals surface area contributed by atoms with E-state index >= 15 is 0 Å². The molecule has 8 heteroatoms. The minimum absolute atomic E-state index is 0. The molecule has 1 aromatic rings. The predicted octanol–water partition coefficient (Wildman–Crippen LogP) is 2.27. The first kappa shape index (κ1) is 25.8. The normalized spacial score (nSPS) is 16.6. The van der Waals surface area contributed by atoms with Crippen molar-refractivity contribution in [1.29, 1.82) is 0 Å². The summed E-state index contributed by atoms with van der Waals surface area (Å²) in [5.41, 5.74) is 0. The zero-order valence-electron chi connectivity index (χ0n) is 18.3. The maximum Gasteiger partial charge on any atom is 0.191 e. The van der Waals surface area contributed by atoms with Gasteiger partial charge in [-0.1, -0.05) is 13.0 Å². The van der Waals surface area contributed by atoms with Crippen molar-refractivity contribution in [3.63, 3.8) is 0 Å². The van der Waals surface area contributed by atoms with Crippen molar-refractivity contribution < 1.29 is 9.47 Å². The molecule has 0 aromatic heterocycles. The fourth-order valence-corrected chi connectivity index (χ4v) is 3.17. The summed E-state index contributed by atoms with van der Waals surface area (Å²) in [7, 11) is 1.66. The average Bonchev–Trinajstić information content (AvgIpc) is 2.72. The number of hydrogen-bond acceptors (Lipinski definition) is 5. The standard InChI is InChI=1S/C21H37N5O2.HI/c1-5-22-21(23-10-11-26-14-12-25(6-2)13-15-26)24-17-18(3)28-20-9-7-8-19(16-20)27-4;/h7-9,16,18H,5-6,10-15,17H2,1-4H3,(H2,22,23,24);1H. The van der Waals surface area contributed by atoms with Gasteiger partial charge in [0.1, 0.15) is 17.6 Å². The quantitative estimate of drug-likeness (QED) is 0.281. The van der Waals surface area contributed by atoms with Gasteiger partial charge in [0.05, 0.1) is 13.7 Å². The number of benzene rings is 1. The molecule has 1 aliphatic heterocycles. The van der Waals surface area contributed by atoms with Crippen molar-refractivity contribution in [2.24, 2.45) is 4.99 Å². The van der Waals surface area contributed by atoms with Gasteiger partial charge in [0.15, 0.2) is 5.96 Å². The molecule has 2 N–H and O–H groups in total. The number of halogens is 1. The molecule has 0 bridgehead atoms. The number of ether oxygens (including phenoxy) is 2. The molecule has 0 aliphatic carbocycles. The van der Waals surface area contributed by atoms with Crippen molar-refractivity contribution in [3.8, 4) is 11.5 Å². The molecule has 0 saturated carbocycles. The zero-order chi connectivity index (χ0) is 20.2. The molecule has 7 nitrogen and oxygen atoms in total. The number of rotatable bonds is 10. The average molecular weight is 519 g/mol. The Bertz CT molecular complexity index is 594. The number of hydrogen-bond donors (Lipinski definition) is 2. The number of likely N-dealkylation sites (N-methyl/N-ethyl adjacent to an activating group) is 1. The first-order valence-electron chi connectivity index (χ1n) is 10.4. The van der Waals surface area contributed by atoms with Crippen LogP contribution in [0.1, 0.15) is 20.8 Å². The van der Waals surface area contributed by atoms with E-state index in [0.29, 0.717) is 6.54 Å². The summed E-state index contributed by atoms with van der Waals surface area (Å²) in [5, 5.41) is 6.75. The van der Waals surface area contributed by atoms with E-state index in [-0.39, 0.29) is 30.1 Å². The summed E-state index contributed by atoms with van der Waals surface area (Å²) in [6, 6.07) is 7.66. The van der Waals surface area contributed by atoms with E-state index in [1.54, 1.807) is 7.11 Å². The van der Waals surface area contributed by atoms with Gasteiger partial charge in [0.2, 0.25) is 0 Å². The van der Waals surface area contributed by atoms with E-state index < -0.39 is 0 Å². The molecule has 1 saturated heterocycles. The molecule has 0 amide bonds. The summed E-state index contributed by atoms with van der Waals surface area (Å²) in [6.45, 7) is 15.5. The van der Waals surface area contributed by atoms with E-state index in [9.17, 15) is 0 Å². The molecule has 0 spiro atoms. The summed E-state index contributed by atoms with van der Waals surface area (Å²) in [4.78, 5) is 9.68. The van der Waals surface area contributed by atoms with Crippen LogP contribution in [0, 0.1) is 0 Å². The maximum atomic E-state index is 5.95. The lowest BCUT2D eigenvalue weighted by Crippen LogP contribution is -2.49. The molecule has 1 heterocycles. The SMILES string of the molecule is CCNC(=NCC(C)Oc1cccc(OC)c1)NCCN1CCN(CC)CC1.I. The van der Waals surface area contributed by atoms with E-state index in [2.05, 4.69) is 39.3 Å². The van der Waals surface area contributed by atoms with E-state index in [1.165, 1.54) is 13.1 Å². The summed E-state index contributed by atoms with van der Waals surface area (Å²) in [5.74, 6) is 2.44. The molecular formula is C21H38IN5O2. The summed E-state index contributed by atoms with van der Waals surface area (Å²) >= 11 is 0. The highest BCUT2D eigenvalue weighted by Crippen LogP contribution is 2.19. The van der Waals surface area contributed by atoms with Crippen molar-refractivity contribution >= 4 is 29.9 Å². The van der Waals surface area contributed by atoms with Crippen molar-refractivity contribution in [2.75, 3.05) is 66.0 Å². The maximum absolute atomic E-state index is 5.95. The third-order valence-corrected chi connectivity index (χ3v) is 4.86. The smallest absolute Gasteiger partial charge is 0.191 e. The van der Waals surface area contributed by atoms with Crippen molar-refractivity contribution in [3.05, 3.63) is 24.3 Å². The van der Waals surface area contributed by atoms with E-state index in [1.807, 2.05) is 31.2 Å². The Labute approximate surface area is 193 Å². The Balaban J connectivity index is 0.00000420. The number of guanidine groups is 1. The Morgan fingerprint density at radius 1 is 1.10 bits per heavy atom. The topological polar surface area (TPSA) is 61.4 Å². The van der Waals surface area contributed by atoms with Gasteiger partial charge in [0, 0.05) is 51.9 Å². The van der Waals surface area contributed by atoms with Crippen LogP contribution >= 0.6 is 24.0 Å². The third-order valence-electron chi connectivity index (χ3n) is 4.86. The number of nitrogens with zero attached hydrogens (tertiary/aromatic N) is 3. The van der Waals surface area contributed by atoms with E-state index in [4.69, 9.17) is 9.47 Å². The largest absolute Gasteiger partial charge is 0.497 e. The molecule has 166 valence electrons. The fraction of sp³-hybridized carbons (Fsp3) is 0.667. The Morgan fingerprint density at radius 2 is 1.79 bits per heavy atom. The summed E-state index contributed by atoms with van der Waals surface area (Å²) < 4.78 is 11.2. The summed E-state index contributed by atoms with van der Waals surface area (Å²) in [6.07, 6.45) is -0.0234. The molecule has 29 heavy (non-hydrogen) atoms. The minimum Gasteiger partial charge on any atom is -0.497 e. The lowest BCUT2D eigenvalue weighted by Gasteiger charge is -2.34. The lowest BCUT2D eigenvalue weighted by atomic mass is 10.3. The highest BCUT2D eigenvalue weighted by atomic mass is 127. The Morgan fingerprint density at radius 3 is 2.45 bits per heavy atom.